The van der Waals surface area contributed by atoms with E-state index >= 15 is 0 Å². The normalized spacial score (nSPS) is 22.5. The Balaban J connectivity index is 1.84. The fourth-order valence-electron chi connectivity index (χ4n) is 1.67. The van der Waals surface area contributed by atoms with E-state index in [9.17, 15) is 18.0 Å². The Hall–Kier alpha value is -2.06. The molecule has 1 amide bonds. The molecule has 9 heteroatoms. The molecule has 1 aromatic heterocycles. The summed E-state index contributed by atoms with van der Waals surface area (Å²) >= 11 is 0. The zero-order valence-corrected chi connectivity index (χ0v) is 9.52. The van der Waals surface area contributed by atoms with Crippen molar-refractivity contribution in [2.45, 2.75) is 31.2 Å². The molecule has 0 spiro atoms. The van der Waals surface area contributed by atoms with Gasteiger partial charge in [-0.2, -0.15) is 13.2 Å². The molecule has 0 unspecified atom stereocenters. The minimum absolute atomic E-state index is 0.131. The van der Waals surface area contributed by atoms with Crippen LogP contribution in [-0.2, 0) is 6.18 Å². The Morgan fingerprint density at radius 3 is 2.42 bits per heavy atom. The second-order valence-corrected chi connectivity index (χ2v) is 4.10. The molecule has 0 aromatic carbocycles. The number of rotatable bonds is 3. The van der Waals surface area contributed by atoms with E-state index in [0.717, 1.165) is 12.4 Å². The fourth-order valence-corrected chi connectivity index (χ4v) is 1.67. The molecular weight excluding hydrogens is 267 g/mol. The maximum absolute atomic E-state index is 12.2. The summed E-state index contributed by atoms with van der Waals surface area (Å²) in [6.07, 6.45) is -3.09. The number of alkyl halides is 3. The number of amides is 1. The van der Waals surface area contributed by atoms with Crippen molar-refractivity contribution in [1.82, 2.24) is 15.3 Å². The van der Waals surface area contributed by atoms with Crippen LogP contribution in [0, 0.1) is 0 Å². The van der Waals surface area contributed by atoms with Crippen molar-refractivity contribution in [3.05, 3.63) is 18.2 Å². The van der Waals surface area contributed by atoms with E-state index in [1.165, 1.54) is 0 Å². The Kier molecular flexibility index (Phi) is 3.45. The number of nitrogens with one attached hydrogen (secondary N) is 1. The monoisotopic (exact) mass is 277 g/mol. The van der Waals surface area contributed by atoms with Gasteiger partial charge in [0, 0.05) is 18.9 Å². The summed E-state index contributed by atoms with van der Waals surface area (Å²) in [6.45, 7) is 0. The molecule has 2 N–H and O–H groups in total. The molecule has 19 heavy (non-hydrogen) atoms. The molecule has 2 rings (SSSR count). The predicted octanol–water partition coefficient (Wildman–Crippen LogP) is 1.67. The first-order valence-corrected chi connectivity index (χ1v) is 5.40. The highest BCUT2D eigenvalue weighted by atomic mass is 19.4. The summed E-state index contributed by atoms with van der Waals surface area (Å²) in [5, 5.41) is 10.7. The zero-order valence-electron chi connectivity index (χ0n) is 9.52. The summed E-state index contributed by atoms with van der Waals surface area (Å²) in [6, 6.07) is -0.183. The first kappa shape index (κ1) is 13.4. The van der Waals surface area contributed by atoms with Crippen LogP contribution in [0.5, 0.6) is 5.75 Å². The first-order chi connectivity index (χ1) is 8.84. The molecule has 1 aromatic rings. The summed E-state index contributed by atoms with van der Waals surface area (Å²) in [5.74, 6) is -1.09. The van der Waals surface area contributed by atoms with Crippen molar-refractivity contribution in [2.24, 2.45) is 0 Å². The van der Waals surface area contributed by atoms with Crippen LogP contribution in [0.4, 0.5) is 18.0 Å². The van der Waals surface area contributed by atoms with Crippen molar-refractivity contribution >= 4 is 6.09 Å². The van der Waals surface area contributed by atoms with E-state index in [4.69, 9.17) is 9.84 Å². The van der Waals surface area contributed by atoms with Crippen LogP contribution in [0.1, 0.15) is 18.7 Å². The topological polar surface area (TPSA) is 84.3 Å². The van der Waals surface area contributed by atoms with Crippen molar-refractivity contribution < 1.29 is 27.8 Å². The SMILES string of the molecule is O=C(O)NC1CC(Oc2cnc(C(F)(F)F)nc2)C1. The fraction of sp³-hybridized carbons (Fsp3) is 0.500. The smallest absolute Gasteiger partial charge is 0.451 e. The second kappa shape index (κ2) is 4.90. The highest BCUT2D eigenvalue weighted by Crippen LogP contribution is 2.28. The maximum Gasteiger partial charge on any atom is 0.451 e. The Bertz CT molecular complexity index is 457. The molecule has 1 aliphatic rings. The maximum atomic E-state index is 12.2. The molecule has 0 aliphatic heterocycles. The van der Waals surface area contributed by atoms with E-state index in [2.05, 4.69) is 15.3 Å². The number of carbonyl (C=O) groups is 1. The molecule has 0 bridgehead atoms. The lowest BCUT2D eigenvalue weighted by Crippen LogP contribution is -2.48. The van der Waals surface area contributed by atoms with Crippen molar-refractivity contribution in [2.75, 3.05) is 0 Å². The first-order valence-electron chi connectivity index (χ1n) is 5.40. The summed E-state index contributed by atoms with van der Waals surface area (Å²) in [5.41, 5.74) is 0. The molecule has 0 radical (unpaired) electrons. The highest BCUT2D eigenvalue weighted by molar-refractivity contribution is 5.65. The van der Waals surface area contributed by atoms with E-state index in [-0.39, 0.29) is 17.9 Å². The minimum atomic E-state index is -4.58. The van der Waals surface area contributed by atoms with E-state index in [1.807, 2.05) is 0 Å². The molecule has 1 heterocycles. The third-order valence-corrected chi connectivity index (χ3v) is 2.61. The number of aromatic nitrogens is 2. The second-order valence-electron chi connectivity index (χ2n) is 4.10. The van der Waals surface area contributed by atoms with Crippen LogP contribution >= 0.6 is 0 Å². The summed E-state index contributed by atoms with van der Waals surface area (Å²) in [4.78, 5) is 16.6. The van der Waals surface area contributed by atoms with Gasteiger partial charge in [-0.1, -0.05) is 0 Å². The third kappa shape index (κ3) is 3.46. The lowest BCUT2D eigenvalue weighted by molar-refractivity contribution is -0.145. The number of halogens is 3. The molecule has 0 saturated heterocycles. The predicted molar refractivity (Wildman–Crippen MR) is 55.6 cm³/mol. The third-order valence-electron chi connectivity index (χ3n) is 2.61. The van der Waals surface area contributed by atoms with Gasteiger partial charge in [-0.15, -0.1) is 0 Å². The molecular formula is C10H10F3N3O3. The molecule has 1 fully saturated rings. The van der Waals surface area contributed by atoms with Crippen molar-refractivity contribution in [3.63, 3.8) is 0 Å². The number of ether oxygens (including phenoxy) is 1. The van der Waals surface area contributed by atoms with Crippen LogP contribution in [0.2, 0.25) is 0 Å². The van der Waals surface area contributed by atoms with Gasteiger partial charge in [0.05, 0.1) is 12.4 Å². The molecule has 0 atom stereocenters. The Morgan fingerprint density at radius 2 is 1.95 bits per heavy atom. The number of nitrogens with zero attached hydrogens (tertiary/aromatic N) is 2. The standard InChI is InChI=1S/C10H10F3N3O3/c11-10(12,13)8-14-3-7(4-15-8)19-6-1-5(2-6)16-9(17)18/h3-6,16H,1-2H2,(H,17,18). The van der Waals surface area contributed by atoms with Gasteiger partial charge >= 0.3 is 12.3 Å². The van der Waals surface area contributed by atoms with E-state index in [1.54, 1.807) is 0 Å². The van der Waals surface area contributed by atoms with E-state index in [0.29, 0.717) is 12.8 Å². The average molecular weight is 277 g/mol. The van der Waals surface area contributed by atoms with Crippen LogP contribution in [0.3, 0.4) is 0 Å². The summed E-state index contributed by atoms with van der Waals surface area (Å²) in [7, 11) is 0. The van der Waals surface area contributed by atoms with Crippen LogP contribution in [0.15, 0.2) is 12.4 Å². The molecule has 1 saturated carbocycles. The average Bonchev–Trinajstić information content (AvgIpc) is 2.25. The molecule has 1 aliphatic carbocycles. The van der Waals surface area contributed by atoms with Gasteiger partial charge in [0.1, 0.15) is 6.10 Å². The van der Waals surface area contributed by atoms with Gasteiger partial charge in [0.25, 0.3) is 0 Å². The van der Waals surface area contributed by atoms with Crippen molar-refractivity contribution in [1.29, 1.82) is 0 Å². The largest absolute Gasteiger partial charge is 0.487 e. The van der Waals surface area contributed by atoms with Gasteiger partial charge in [0.2, 0.25) is 5.82 Å². The van der Waals surface area contributed by atoms with Gasteiger partial charge in [-0.3, -0.25) is 0 Å². The lowest BCUT2D eigenvalue weighted by atomic mass is 9.89. The van der Waals surface area contributed by atoms with Gasteiger partial charge < -0.3 is 15.2 Å². The Morgan fingerprint density at radius 1 is 1.37 bits per heavy atom. The summed E-state index contributed by atoms with van der Waals surface area (Å²) < 4.78 is 41.9. The quantitative estimate of drug-likeness (QED) is 0.878. The Labute approximate surface area is 105 Å². The van der Waals surface area contributed by atoms with Crippen LogP contribution < -0.4 is 10.1 Å². The van der Waals surface area contributed by atoms with Gasteiger partial charge in [0.15, 0.2) is 5.75 Å². The number of hydrogen-bond donors (Lipinski definition) is 2. The lowest BCUT2D eigenvalue weighted by Gasteiger charge is -2.34. The zero-order chi connectivity index (χ0) is 14.0. The number of hydrogen-bond acceptors (Lipinski definition) is 4. The van der Waals surface area contributed by atoms with Crippen LogP contribution in [0.25, 0.3) is 0 Å². The van der Waals surface area contributed by atoms with Crippen LogP contribution in [-0.4, -0.2) is 33.3 Å². The minimum Gasteiger partial charge on any atom is -0.487 e. The van der Waals surface area contributed by atoms with E-state index < -0.39 is 18.1 Å². The van der Waals surface area contributed by atoms with Crippen molar-refractivity contribution in [3.8, 4) is 5.75 Å². The van der Waals surface area contributed by atoms with Gasteiger partial charge in [-0.25, -0.2) is 14.8 Å². The number of carboxylic acid groups (broad SMARTS) is 1. The highest BCUT2D eigenvalue weighted by Gasteiger charge is 2.35. The molecule has 104 valence electrons. The molecule has 6 nitrogen and oxygen atoms in total. The van der Waals surface area contributed by atoms with Gasteiger partial charge in [-0.05, 0) is 0 Å².